The molecule has 1 aliphatic rings. The van der Waals surface area contributed by atoms with Crippen LogP contribution in [0.15, 0.2) is 0 Å². The number of hydrogen-bond acceptors (Lipinski definition) is 1. The van der Waals surface area contributed by atoms with Gasteiger partial charge in [0.15, 0.2) is 6.04 Å². The van der Waals surface area contributed by atoms with Crippen LogP contribution in [0, 0.1) is 0 Å². The number of aliphatic hydroxyl groups excluding tert-OH is 1. The zero-order valence-electron chi connectivity index (χ0n) is 3.52. The Hall–Kier alpha value is -0.370. The van der Waals surface area contributed by atoms with Crippen molar-refractivity contribution in [3.63, 3.8) is 0 Å². The Morgan fingerprint density at radius 3 is 2.33 bits per heavy atom. The van der Waals surface area contributed by atoms with Gasteiger partial charge in [-0.1, -0.05) is 0 Å². The van der Waals surface area contributed by atoms with Crippen LogP contribution in [0.2, 0.25) is 0 Å². The largest absolute Gasteiger partial charge is 0.386 e. The highest BCUT2D eigenvalue weighted by molar-refractivity contribution is 5.13. The van der Waals surface area contributed by atoms with Crippen LogP contribution in [0.25, 0.3) is 0 Å². The number of aliphatic hydroxyl groups is 1. The maximum Gasteiger partial charge on any atom is 0.178 e. The lowest BCUT2D eigenvalue weighted by Crippen LogP contribution is -2.69. The lowest BCUT2D eigenvalue weighted by atomic mass is 10.7. The first-order valence-corrected chi connectivity index (χ1v) is 2.05. The highest BCUT2D eigenvalue weighted by atomic mass is 16.3. The minimum Gasteiger partial charge on any atom is -0.386 e. The van der Waals surface area contributed by atoms with Gasteiger partial charge in [-0.3, -0.25) is 0 Å². The van der Waals surface area contributed by atoms with Crippen LogP contribution in [-0.4, -0.2) is 24.0 Å². The van der Waals surface area contributed by atoms with Crippen LogP contribution in [-0.2, 0) is 0 Å². The van der Waals surface area contributed by atoms with Gasteiger partial charge in [0.1, 0.15) is 12.8 Å². The molecule has 2 unspecified atom stereocenters. The number of nitrogens with one attached hydrogen (secondary N) is 1. The second-order valence-corrected chi connectivity index (χ2v) is 1.61. The monoisotopic (exact) mass is 86.1 g/mol. The van der Waals surface area contributed by atoms with E-state index in [2.05, 4.69) is 11.7 Å². The molecule has 1 aliphatic carbocycles. The van der Waals surface area contributed by atoms with E-state index in [1.807, 2.05) is 0 Å². The second kappa shape index (κ2) is 1.05. The third-order valence-corrected chi connectivity index (χ3v) is 1.02. The predicted octanol–water partition coefficient (Wildman–Crippen LogP) is -2.10. The van der Waals surface area contributed by atoms with Crippen molar-refractivity contribution in [2.24, 2.45) is 0 Å². The van der Waals surface area contributed by atoms with Crippen molar-refractivity contribution in [1.29, 1.82) is 0 Å². The van der Waals surface area contributed by atoms with E-state index in [0.717, 1.165) is 6.42 Å². The van der Waals surface area contributed by atoms with Crippen LogP contribution in [0.3, 0.4) is 0 Å². The van der Waals surface area contributed by atoms with Crippen molar-refractivity contribution < 1.29 is 10.1 Å². The molecule has 1 saturated carbocycles. The standard InChI is InChI=1S/C4H7NO/c1-5-3-2-4(3)6/h3-4,6H,1-2H2/p+1. The molecule has 0 heterocycles. The Morgan fingerprint density at radius 1 is 1.83 bits per heavy atom. The van der Waals surface area contributed by atoms with Crippen molar-refractivity contribution in [3.05, 3.63) is 0 Å². The summed E-state index contributed by atoms with van der Waals surface area (Å²) in [6, 6.07) is 0.296. The van der Waals surface area contributed by atoms with Crippen LogP contribution in [0.4, 0.5) is 0 Å². The summed E-state index contributed by atoms with van der Waals surface area (Å²) in [7, 11) is 0. The van der Waals surface area contributed by atoms with E-state index >= 15 is 0 Å². The van der Waals surface area contributed by atoms with Gasteiger partial charge in [0.05, 0.1) is 0 Å². The zero-order valence-corrected chi connectivity index (χ0v) is 3.52. The van der Waals surface area contributed by atoms with Gasteiger partial charge in [0, 0.05) is 6.42 Å². The fraction of sp³-hybridized carbons (Fsp3) is 0.750. The number of hydrogen-bond donors (Lipinski definition) is 2. The average Bonchev–Trinajstić information content (AvgIpc) is 2.19. The molecule has 2 N–H and O–H groups in total. The number of rotatable bonds is 1. The molecule has 34 valence electrons. The topological polar surface area (TPSA) is 34.2 Å². The van der Waals surface area contributed by atoms with Gasteiger partial charge in [-0.25, -0.2) is 4.99 Å². The van der Waals surface area contributed by atoms with E-state index in [1.165, 1.54) is 0 Å². The molecule has 0 aliphatic heterocycles. The molecule has 0 spiro atoms. The van der Waals surface area contributed by atoms with Crippen molar-refractivity contribution in [2.75, 3.05) is 0 Å². The van der Waals surface area contributed by atoms with E-state index in [1.54, 1.807) is 0 Å². The van der Waals surface area contributed by atoms with E-state index in [-0.39, 0.29) is 6.10 Å². The third kappa shape index (κ3) is 0.431. The van der Waals surface area contributed by atoms with E-state index in [0.29, 0.717) is 6.04 Å². The van der Waals surface area contributed by atoms with Gasteiger partial charge in [-0.2, -0.15) is 0 Å². The molecule has 1 fully saturated rings. The molecule has 2 atom stereocenters. The summed E-state index contributed by atoms with van der Waals surface area (Å²) in [5.74, 6) is 0. The molecule has 0 aromatic rings. The van der Waals surface area contributed by atoms with Gasteiger partial charge in [-0.15, -0.1) is 0 Å². The molecule has 0 amide bonds. The molecule has 6 heavy (non-hydrogen) atoms. The summed E-state index contributed by atoms with van der Waals surface area (Å²) in [4.78, 5) is 2.69. The zero-order chi connectivity index (χ0) is 4.57. The average molecular weight is 86.1 g/mol. The Balaban J connectivity index is 2.25. The van der Waals surface area contributed by atoms with Crippen molar-refractivity contribution in [3.8, 4) is 0 Å². The molecule has 2 heteroatoms. The maximum absolute atomic E-state index is 8.52. The molecular formula is C4H8NO+. The quantitative estimate of drug-likeness (QED) is 0.352. The van der Waals surface area contributed by atoms with Gasteiger partial charge in [0.2, 0.25) is 0 Å². The van der Waals surface area contributed by atoms with Crippen molar-refractivity contribution >= 4 is 6.72 Å². The molecule has 1 rings (SSSR count). The Bertz CT molecular complexity index is 71.9. The molecule has 0 bridgehead atoms. The van der Waals surface area contributed by atoms with Crippen LogP contribution >= 0.6 is 0 Å². The van der Waals surface area contributed by atoms with Gasteiger partial charge < -0.3 is 5.11 Å². The van der Waals surface area contributed by atoms with Crippen LogP contribution < -0.4 is 4.99 Å². The Kier molecular flexibility index (Phi) is 0.665. The fourth-order valence-electron chi connectivity index (χ4n) is 0.401. The first kappa shape index (κ1) is 3.81. The summed E-state index contributed by atoms with van der Waals surface area (Å²) in [6.07, 6.45) is 0.770. The smallest absolute Gasteiger partial charge is 0.178 e. The Labute approximate surface area is 36.5 Å². The summed E-state index contributed by atoms with van der Waals surface area (Å²) in [5, 5.41) is 8.52. The maximum atomic E-state index is 8.52. The van der Waals surface area contributed by atoms with E-state index in [4.69, 9.17) is 5.11 Å². The van der Waals surface area contributed by atoms with Crippen molar-refractivity contribution in [2.45, 2.75) is 18.6 Å². The van der Waals surface area contributed by atoms with E-state index in [9.17, 15) is 0 Å². The highest BCUT2D eigenvalue weighted by Crippen LogP contribution is 2.14. The lowest BCUT2D eigenvalue weighted by molar-refractivity contribution is -0.468. The molecule has 0 aromatic heterocycles. The first-order valence-electron chi connectivity index (χ1n) is 2.05. The molecule has 0 radical (unpaired) electrons. The molecule has 2 nitrogen and oxygen atoms in total. The third-order valence-electron chi connectivity index (χ3n) is 1.02. The van der Waals surface area contributed by atoms with Gasteiger partial charge >= 0.3 is 0 Å². The summed E-state index contributed by atoms with van der Waals surface area (Å²) in [6.45, 7) is 3.39. The summed E-state index contributed by atoms with van der Waals surface area (Å²) < 4.78 is 0. The van der Waals surface area contributed by atoms with Crippen LogP contribution in [0.5, 0.6) is 0 Å². The Morgan fingerprint density at radius 2 is 2.33 bits per heavy atom. The fourth-order valence-corrected chi connectivity index (χ4v) is 0.401. The highest BCUT2D eigenvalue weighted by Gasteiger charge is 2.39. The molecule has 0 aromatic carbocycles. The second-order valence-electron chi connectivity index (χ2n) is 1.61. The van der Waals surface area contributed by atoms with Crippen LogP contribution in [0.1, 0.15) is 6.42 Å². The van der Waals surface area contributed by atoms with Gasteiger partial charge in [-0.05, 0) is 0 Å². The van der Waals surface area contributed by atoms with Crippen molar-refractivity contribution in [1.82, 2.24) is 0 Å². The normalized spacial score (nSPS) is 42.2. The lowest BCUT2D eigenvalue weighted by Gasteiger charge is -1.67. The molecule has 0 saturated heterocycles. The first-order chi connectivity index (χ1) is 2.84. The summed E-state index contributed by atoms with van der Waals surface area (Å²) >= 11 is 0. The van der Waals surface area contributed by atoms with E-state index < -0.39 is 0 Å². The van der Waals surface area contributed by atoms with Gasteiger partial charge in [0.25, 0.3) is 0 Å². The molecular weight excluding hydrogens is 78.0 g/mol. The minimum atomic E-state index is -0.109. The minimum absolute atomic E-state index is 0.109. The predicted molar refractivity (Wildman–Crippen MR) is 22.5 cm³/mol. The SMILES string of the molecule is C=[NH+]C1CC1O. The summed E-state index contributed by atoms with van der Waals surface area (Å²) in [5.41, 5.74) is 0.